The standard InChI is InChI=1S/C11H18N2O3S.ClH/c1-8-6-11(9(2)16-8)17(14,15)13-5-3-4-10(13)7-12;/h6,10H,3-5,7,12H2,1-2H3;1H. The molecule has 1 fully saturated rings. The van der Waals surface area contributed by atoms with E-state index >= 15 is 0 Å². The van der Waals surface area contributed by atoms with Gasteiger partial charge in [-0.25, -0.2) is 8.42 Å². The van der Waals surface area contributed by atoms with Crippen molar-refractivity contribution in [2.45, 2.75) is 37.6 Å². The molecule has 1 atom stereocenters. The van der Waals surface area contributed by atoms with Crippen molar-refractivity contribution in [3.8, 4) is 0 Å². The molecule has 1 unspecified atom stereocenters. The third-order valence-electron chi connectivity index (χ3n) is 3.18. The molecule has 2 rings (SSSR count). The van der Waals surface area contributed by atoms with Crippen molar-refractivity contribution in [1.82, 2.24) is 4.31 Å². The van der Waals surface area contributed by atoms with Gasteiger partial charge >= 0.3 is 0 Å². The Labute approximate surface area is 114 Å². The highest BCUT2D eigenvalue weighted by Gasteiger charge is 2.36. The molecule has 2 N–H and O–H groups in total. The van der Waals surface area contributed by atoms with Crippen molar-refractivity contribution in [1.29, 1.82) is 0 Å². The van der Waals surface area contributed by atoms with E-state index in [9.17, 15) is 8.42 Å². The van der Waals surface area contributed by atoms with Crippen molar-refractivity contribution in [3.05, 3.63) is 17.6 Å². The number of aryl methyl sites for hydroxylation is 2. The van der Waals surface area contributed by atoms with Crippen molar-refractivity contribution in [2.75, 3.05) is 13.1 Å². The second-order valence-corrected chi connectivity index (χ2v) is 6.28. The quantitative estimate of drug-likeness (QED) is 0.915. The maximum absolute atomic E-state index is 12.4. The first-order valence-corrected chi connectivity index (χ1v) is 7.19. The average molecular weight is 295 g/mol. The molecule has 1 aliphatic heterocycles. The highest BCUT2D eigenvalue weighted by Crippen LogP contribution is 2.28. The second-order valence-electron chi connectivity index (χ2n) is 4.42. The smallest absolute Gasteiger partial charge is 0.246 e. The lowest BCUT2D eigenvalue weighted by atomic mass is 10.2. The molecule has 1 aromatic rings. The van der Waals surface area contributed by atoms with E-state index in [-0.39, 0.29) is 23.3 Å². The zero-order valence-electron chi connectivity index (χ0n) is 10.5. The predicted octanol–water partition coefficient (Wildman–Crippen LogP) is 1.43. The van der Waals surface area contributed by atoms with Crippen molar-refractivity contribution < 1.29 is 12.8 Å². The number of furan rings is 1. The van der Waals surface area contributed by atoms with Gasteiger partial charge < -0.3 is 10.2 Å². The normalized spacial score (nSPS) is 20.9. The van der Waals surface area contributed by atoms with Crippen LogP contribution in [0.25, 0.3) is 0 Å². The van der Waals surface area contributed by atoms with E-state index in [4.69, 9.17) is 10.2 Å². The van der Waals surface area contributed by atoms with Gasteiger partial charge in [0.25, 0.3) is 0 Å². The summed E-state index contributed by atoms with van der Waals surface area (Å²) < 4.78 is 31.7. The third-order valence-corrected chi connectivity index (χ3v) is 5.24. The van der Waals surface area contributed by atoms with Gasteiger partial charge in [0, 0.05) is 19.1 Å². The lowest BCUT2D eigenvalue weighted by molar-refractivity contribution is 0.391. The molecular weight excluding hydrogens is 276 g/mol. The molecule has 1 saturated heterocycles. The van der Waals surface area contributed by atoms with Crippen LogP contribution in [0.5, 0.6) is 0 Å². The molecule has 0 bridgehead atoms. The molecule has 0 aromatic carbocycles. The molecule has 0 aliphatic carbocycles. The maximum atomic E-state index is 12.4. The highest BCUT2D eigenvalue weighted by molar-refractivity contribution is 7.89. The summed E-state index contributed by atoms with van der Waals surface area (Å²) in [6, 6.07) is 1.51. The van der Waals surface area contributed by atoms with Gasteiger partial charge in [-0.1, -0.05) is 0 Å². The van der Waals surface area contributed by atoms with E-state index in [0.717, 1.165) is 12.8 Å². The van der Waals surface area contributed by atoms with Gasteiger partial charge in [-0.05, 0) is 32.8 Å². The van der Waals surface area contributed by atoms with Crippen LogP contribution in [-0.4, -0.2) is 31.9 Å². The van der Waals surface area contributed by atoms with Crippen molar-refractivity contribution in [2.24, 2.45) is 5.73 Å². The molecule has 5 nitrogen and oxygen atoms in total. The van der Waals surface area contributed by atoms with E-state index in [0.29, 0.717) is 24.6 Å². The van der Waals surface area contributed by atoms with Gasteiger partial charge in [0.1, 0.15) is 16.4 Å². The zero-order chi connectivity index (χ0) is 12.6. The van der Waals surface area contributed by atoms with Gasteiger partial charge in [-0.2, -0.15) is 4.31 Å². The fourth-order valence-corrected chi connectivity index (χ4v) is 4.28. The Morgan fingerprint density at radius 3 is 2.67 bits per heavy atom. The van der Waals surface area contributed by atoms with Crippen LogP contribution in [-0.2, 0) is 10.0 Å². The first kappa shape index (κ1) is 15.5. The molecular formula is C11H19ClN2O3S. The van der Waals surface area contributed by atoms with Crippen LogP contribution in [0.4, 0.5) is 0 Å². The largest absolute Gasteiger partial charge is 0.465 e. The Balaban J connectivity index is 0.00000162. The molecule has 1 aliphatic rings. The minimum Gasteiger partial charge on any atom is -0.465 e. The molecule has 1 aromatic heterocycles. The maximum Gasteiger partial charge on any atom is 0.246 e. The summed E-state index contributed by atoms with van der Waals surface area (Å²) in [7, 11) is -3.45. The summed E-state index contributed by atoms with van der Waals surface area (Å²) in [5.41, 5.74) is 5.61. The molecule has 104 valence electrons. The van der Waals surface area contributed by atoms with E-state index in [1.165, 1.54) is 4.31 Å². The average Bonchev–Trinajstić information content (AvgIpc) is 2.84. The number of nitrogens with two attached hydrogens (primary N) is 1. The minimum absolute atomic E-state index is 0. The van der Waals surface area contributed by atoms with Gasteiger partial charge in [-0.3, -0.25) is 0 Å². The fourth-order valence-electron chi connectivity index (χ4n) is 2.35. The Morgan fingerprint density at radius 1 is 1.50 bits per heavy atom. The second kappa shape index (κ2) is 5.61. The van der Waals surface area contributed by atoms with E-state index in [1.54, 1.807) is 19.9 Å². The molecule has 0 amide bonds. The Bertz CT molecular complexity index is 512. The van der Waals surface area contributed by atoms with E-state index < -0.39 is 10.0 Å². The van der Waals surface area contributed by atoms with Crippen LogP contribution in [0.2, 0.25) is 0 Å². The van der Waals surface area contributed by atoms with Crippen molar-refractivity contribution >= 4 is 22.4 Å². The van der Waals surface area contributed by atoms with Crippen molar-refractivity contribution in [3.63, 3.8) is 0 Å². The minimum atomic E-state index is -3.45. The highest BCUT2D eigenvalue weighted by atomic mass is 35.5. The number of nitrogens with zero attached hydrogens (tertiary/aromatic N) is 1. The van der Waals surface area contributed by atoms with Crippen LogP contribution in [0.1, 0.15) is 24.4 Å². The summed E-state index contributed by atoms with van der Waals surface area (Å²) >= 11 is 0. The van der Waals surface area contributed by atoms with Crippen LogP contribution in [0.3, 0.4) is 0 Å². The Morgan fingerprint density at radius 2 is 2.17 bits per heavy atom. The molecule has 7 heteroatoms. The van der Waals surface area contributed by atoms with Gasteiger partial charge in [0.2, 0.25) is 10.0 Å². The van der Waals surface area contributed by atoms with Crippen LogP contribution in [0, 0.1) is 13.8 Å². The molecule has 2 heterocycles. The van der Waals surface area contributed by atoms with Crippen LogP contribution in [0.15, 0.2) is 15.4 Å². The van der Waals surface area contributed by atoms with Gasteiger partial charge in [-0.15, -0.1) is 12.4 Å². The predicted molar refractivity (Wildman–Crippen MR) is 71.4 cm³/mol. The number of hydrogen-bond acceptors (Lipinski definition) is 4. The fraction of sp³-hybridized carbons (Fsp3) is 0.636. The number of sulfonamides is 1. The van der Waals surface area contributed by atoms with Crippen LogP contribution < -0.4 is 5.73 Å². The summed E-state index contributed by atoms with van der Waals surface area (Å²) in [5.74, 6) is 1.06. The molecule has 18 heavy (non-hydrogen) atoms. The third kappa shape index (κ3) is 2.56. The van der Waals surface area contributed by atoms with E-state index in [2.05, 4.69) is 0 Å². The first-order valence-electron chi connectivity index (χ1n) is 5.75. The lowest BCUT2D eigenvalue weighted by Gasteiger charge is -2.22. The number of halogens is 1. The monoisotopic (exact) mass is 294 g/mol. The Hall–Kier alpha value is -0.560. The molecule has 0 spiro atoms. The van der Waals surface area contributed by atoms with Crippen LogP contribution >= 0.6 is 12.4 Å². The lowest BCUT2D eigenvalue weighted by Crippen LogP contribution is -2.39. The number of rotatable bonds is 3. The summed E-state index contributed by atoms with van der Waals surface area (Å²) in [4.78, 5) is 0.273. The Kier molecular flexibility index (Phi) is 4.83. The van der Waals surface area contributed by atoms with Gasteiger partial charge in [0.15, 0.2) is 0 Å². The summed E-state index contributed by atoms with van der Waals surface area (Å²) in [6.07, 6.45) is 1.71. The molecule has 0 saturated carbocycles. The van der Waals surface area contributed by atoms with Gasteiger partial charge in [0.05, 0.1) is 0 Å². The topological polar surface area (TPSA) is 76.5 Å². The van der Waals surface area contributed by atoms with E-state index in [1.807, 2.05) is 0 Å². The first-order chi connectivity index (χ1) is 7.96. The summed E-state index contributed by atoms with van der Waals surface area (Å²) in [6.45, 7) is 4.34. The zero-order valence-corrected chi connectivity index (χ0v) is 12.2. The SMILES string of the molecule is Cc1cc(S(=O)(=O)N2CCCC2CN)c(C)o1.Cl. The number of hydrogen-bond donors (Lipinski definition) is 1. The molecule has 0 radical (unpaired) electrons. The summed E-state index contributed by atoms with van der Waals surface area (Å²) in [5, 5.41) is 0.